The average Bonchev–Trinajstić information content (AvgIpc) is 2.32. The molecular weight excluding hydrogens is 282 g/mol. The molecule has 4 heteroatoms. The normalized spacial score (nSPS) is 12.5. The minimum Gasteiger partial charge on any atom is -0.497 e. The minimum atomic E-state index is 0.518. The Morgan fingerprint density at radius 2 is 2.12 bits per heavy atom. The smallest absolute Gasteiger partial charge is 0.119 e. The lowest BCUT2D eigenvalue weighted by Crippen LogP contribution is -2.23. The van der Waals surface area contributed by atoms with Crippen LogP contribution in [-0.4, -0.2) is 27.4 Å². The molecular formula is C13H20BrNO2. The fraction of sp³-hybridized carbons (Fsp3) is 0.538. The molecule has 1 aromatic rings. The Kier molecular flexibility index (Phi) is 6.55. The second-order valence-corrected chi connectivity index (χ2v) is 5.00. The highest BCUT2D eigenvalue weighted by molar-refractivity contribution is 9.10. The first kappa shape index (κ1) is 14.5. The first-order valence-corrected chi connectivity index (χ1v) is 6.48. The topological polar surface area (TPSA) is 30.5 Å². The van der Waals surface area contributed by atoms with Gasteiger partial charge in [0.2, 0.25) is 0 Å². The molecule has 1 N–H and O–H groups in total. The fourth-order valence-electron chi connectivity index (χ4n) is 1.61. The van der Waals surface area contributed by atoms with Gasteiger partial charge in [-0.3, -0.25) is 0 Å². The van der Waals surface area contributed by atoms with E-state index in [4.69, 9.17) is 9.47 Å². The fourth-order valence-corrected chi connectivity index (χ4v) is 2.00. The highest BCUT2D eigenvalue weighted by Gasteiger charge is 2.04. The molecule has 0 aliphatic carbocycles. The maximum Gasteiger partial charge on any atom is 0.119 e. The van der Waals surface area contributed by atoms with Crippen LogP contribution >= 0.6 is 15.9 Å². The summed E-state index contributed by atoms with van der Waals surface area (Å²) < 4.78 is 11.4. The number of hydrogen-bond donors (Lipinski definition) is 1. The van der Waals surface area contributed by atoms with Gasteiger partial charge in [0, 0.05) is 31.3 Å². The van der Waals surface area contributed by atoms with Crippen LogP contribution < -0.4 is 10.1 Å². The second-order valence-electron chi connectivity index (χ2n) is 4.15. The third-order valence-electron chi connectivity index (χ3n) is 2.51. The molecule has 1 rings (SSSR count). The van der Waals surface area contributed by atoms with Crippen LogP contribution in [0.2, 0.25) is 0 Å². The molecule has 0 fully saturated rings. The van der Waals surface area contributed by atoms with E-state index >= 15 is 0 Å². The molecule has 96 valence electrons. The molecule has 0 saturated carbocycles. The number of methoxy groups -OCH3 is 2. The summed E-state index contributed by atoms with van der Waals surface area (Å²) in [5.41, 5.74) is 1.20. The second kappa shape index (κ2) is 7.69. The molecule has 0 aliphatic rings. The molecule has 0 aliphatic heterocycles. The van der Waals surface area contributed by atoms with E-state index in [0.29, 0.717) is 5.92 Å². The molecule has 17 heavy (non-hydrogen) atoms. The van der Waals surface area contributed by atoms with Gasteiger partial charge in [-0.25, -0.2) is 0 Å². The Labute approximate surface area is 112 Å². The van der Waals surface area contributed by atoms with Crippen LogP contribution in [0.5, 0.6) is 5.75 Å². The minimum absolute atomic E-state index is 0.518. The van der Waals surface area contributed by atoms with Crippen LogP contribution in [-0.2, 0) is 11.3 Å². The monoisotopic (exact) mass is 301 g/mol. The highest BCUT2D eigenvalue weighted by Crippen LogP contribution is 2.22. The summed E-state index contributed by atoms with van der Waals surface area (Å²) in [5, 5.41) is 3.41. The zero-order chi connectivity index (χ0) is 12.7. The standard InChI is InChI=1S/C13H20BrNO2/c1-10(9-16-2)7-15-8-11-6-12(17-3)4-5-13(11)14/h4-6,10,15H,7-9H2,1-3H3. The van der Waals surface area contributed by atoms with E-state index in [1.54, 1.807) is 14.2 Å². The van der Waals surface area contributed by atoms with Crippen molar-refractivity contribution in [1.29, 1.82) is 0 Å². The van der Waals surface area contributed by atoms with Crippen LogP contribution in [0.15, 0.2) is 22.7 Å². The van der Waals surface area contributed by atoms with E-state index in [1.807, 2.05) is 18.2 Å². The molecule has 0 spiro atoms. The van der Waals surface area contributed by atoms with E-state index in [2.05, 4.69) is 28.2 Å². The van der Waals surface area contributed by atoms with Gasteiger partial charge in [-0.2, -0.15) is 0 Å². The number of rotatable bonds is 7. The van der Waals surface area contributed by atoms with Gasteiger partial charge < -0.3 is 14.8 Å². The van der Waals surface area contributed by atoms with Gasteiger partial charge in [0.05, 0.1) is 7.11 Å². The largest absolute Gasteiger partial charge is 0.497 e. The van der Waals surface area contributed by atoms with Gasteiger partial charge >= 0.3 is 0 Å². The number of halogens is 1. The van der Waals surface area contributed by atoms with E-state index in [-0.39, 0.29) is 0 Å². The van der Waals surface area contributed by atoms with Gasteiger partial charge in [-0.05, 0) is 29.7 Å². The maximum atomic E-state index is 5.21. The van der Waals surface area contributed by atoms with Crippen molar-refractivity contribution >= 4 is 15.9 Å². The lowest BCUT2D eigenvalue weighted by atomic mass is 10.2. The number of nitrogens with one attached hydrogen (secondary N) is 1. The molecule has 3 nitrogen and oxygen atoms in total. The lowest BCUT2D eigenvalue weighted by molar-refractivity contribution is 0.158. The lowest BCUT2D eigenvalue weighted by Gasteiger charge is -2.12. The molecule has 0 radical (unpaired) electrons. The quantitative estimate of drug-likeness (QED) is 0.840. The van der Waals surface area contributed by atoms with Crippen molar-refractivity contribution in [1.82, 2.24) is 5.32 Å². The Bertz CT molecular complexity index is 344. The van der Waals surface area contributed by atoms with Crippen LogP contribution in [0.4, 0.5) is 0 Å². The van der Waals surface area contributed by atoms with Crippen LogP contribution in [0.25, 0.3) is 0 Å². The Morgan fingerprint density at radius 3 is 2.76 bits per heavy atom. The van der Waals surface area contributed by atoms with Gasteiger partial charge in [0.25, 0.3) is 0 Å². The van der Waals surface area contributed by atoms with E-state index in [1.165, 1.54) is 5.56 Å². The molecule has 0 saturated heterocycles. The molecule has 0 heterocycles. The summed E-state index contributed by atoms with van der Waals surface area (Å²) in [4.78, 5) is 0. The van der Waals surface area contributed by atoms with Crippen molar-refractivity contribution < 1.29 is 9.47 Å². The van der Waals surface area contributed by atoms with Crippen molar-refractivity contribution in [2.45, 2.75) is 13.5 Å². The predicted octanol–water partition coefficient (Wildman–Crippen LogP) is 2.83. The average molecular weight is 302 g/mol. The highest BCUT2D eigenvalue weighted by atomic mass is 79.9. The number of ether oxygens (including phenoxy) is 2. The van der Waals surface area contributed by atoms with Crippen molar-refractivity contribution in [2.75, 3.05) is 27.4 Å². The zero-order valence-corrected chi connectivity index (χ0v) is 12.2. The van der Waals surface area contributed by atoms with E-state index < -0.39 is 0 Å². The number of hydrogen-bond acceptors (Lipinski definition) is 3. The van der Waals surface area contributed by atoms with Crippen LogP contribution in [0, 0.1) is 5.92 Å². The molecule has 1 unspecified atom stereocenters. The summed E-state index contributed by atoms with van der Waals surface area (Å²) >= 11 is 3.54. The summed E-state index contributed by atoms with van der Waals surface area (Å²) in [6.07, 6.45) is 0. The molecule has 0 aromatic heterocycles. The van der Waals surface area contributed by atoms with Crippen molar-refractivity contribution in [3.63, 3.8) is 0 Å². The van der Waals surface area contributed by atoms with Crippen molar-refractivity contribution in [2.24, 2.45) is 5.92 Å². The van der Waals surface area contributed by atoms with Crippen LogP contribution in [0.3, 0.4) is 0 Å². The first-order chi connectivity index (χ1) is 8.17. The summed E-state index contributed by atoms with van der Waals surface area (Å²) in [5.74, 6) is 1.40. The Balaban J connectivity index is 2.45. The summed E-state index contributed by atoms with van der Waals surface area (Å²) in [6, 6.07) is 5.99. The van der Waals surface area contributed by atoms with E-state index in [0.717, 1.165) is 29.9 Å². The van der Waals surface area contributed by atoms with E-state index in [9.17, 15) is 0 Å². The first-order valence-electron chi connectivity index (χ1n) is 5.69. The third-order valence-corrected chi connectivity index (χ3v) is 3.29. The maximum absolute atomic E-state index is 5.21. The molecule has 1 atom stereocenters. The Hall–Kier alpha value is -0.580. The van der Waals surface area contributed by atoms with Gasteiger partial charge in [-0.1, -0.05) is 22.9 Å². The number of benzene rings is 1. The molecule has 0 amide bonds. The summed E-state index contributed by atoms with van der Waals surface area (Å²) in [6.45, 7) is 4.72. The zero-order valence-electron chi connectivity index (χ0n) is 10.6. The molecule has 1 aromatic carbocycles. The van der Waals surface area contributed by atoms with Crippen molar-refractivity contribution in [3.05, 3.63) is 28.2 Å². The third kappa shape index (κ3) is 5.06. The van der Waals surface area contributed by atoms with Crippen LogP contribution in [0.1, 0.15) is 12.5 Å². The summed E-state index contributed by atoms with van der Waals surface area (Å²) in [7, 11) is 3.41. The van der Waals surface area contributed by atoms with Gasteiger partial charge in [-0.15, -0.1) is 0 Å². The molecule has 0 bridgehead atoms. The SMILES string of the molecule is COCC(C)CNCc1cc(OC)ccc1Br. The van der Waals surface area contributed by atoms with Crippen molar-refractivity contribution in [3.8, 4) is 5.75 Å². The van der Waals surface area contributed by atoms with Gasteiger partial charge in [0.15, 0.2) is 0 Å². The van der Waals surface area contributed by atoms with Gasteiger partial charge in [0.1, 0.15) is 5.75 Å². The Morgan fingerprint density at radius 1 is 1.35 bits per heavy atom. The predicted molar refractivity (Wildman–Crippen MR) is 73.4 cm³/mol.